The van der Waals surface area contributed by atoms with Gasteiger partial charge < -0.3 is 14.7 Å². The molecule has 1 aliphatic rings. The summed E-state index contributed by atoms with van der Waals surface area (Å²) >= 11 is 1.68. The second-order valence-corrected chi connectivity index (χ2v) is 8.65. The second kappa shape index (κ2) is 8.86. The van der Waals surface area contributed by atoms with Gasteiger partial charge in [0.25, 0.3) is 5.91 Å². The molecule has 2 aromatic carbocycles. The number of quaternary nitrogens is 2. The van der Waals surface area contributed by atoms with E-state index in [0.717, 1.165) is 32.7 Å². The summed E-state index contributed by atoms with van der Waals surface area (Å²) in [5.41, 5.74) is 2.66. The van der Waals surface area contributed by atoms with E-state index in [0.29, 0.717) is 13.1 Å². The number of benzene rings is 2. The second-order valence-electron chi connectivity index (χ2n) is 7.87. The molecule has 1 amide bonds. The molecule has 1 aromatic heterocycles. The highest BCUT2D eigenvalue weighted by molar-refractivity contribution is 7.07. The Balaban J connectivity index is 1.28. The topological polar surface area (TPSA) is 29.2 Å². The molecule has 0 saturated carbocycles. The Labute approximate surface area is 171 Å². The number of rotatable bonds is 6. The van der Waals surface area contributed by atoms with Crippen molar-refractivity contribution in [2.75, 3.05) is 39.8 Å². The third-order valence-electron chi connectivity index (χ3n) is 5.81. The van der Waals surface area contributed by atoms with Gasteiger partial charge in [0.05, 0.1) is 0 Å². The molecular formula is C23H29N3OS+2. The predicted octanol–water partition coefficient (Wildman–Crippen LogP) is 0.843. The van der Waals surface area contributed by atoms with Crippen molar-refractivity contribution in [1.82, 2.24) is 4.90 Å². The van der Waals surface area contributed by atoms with Gasteiger partial charge in [-0.25, -0.2) is 0 Å². The number of hydrogen-bond acceptors (Lipinski definition) is 2. The van der Waals surface area contributed by atoms with Crippen LogP contribution in [-0.2, 0) is 17.9 Å². The molecule has 28 heavy (non-hydrogen) atoms. The summed E-state index contributed by atoms with van der Waals surface area (Å²) < 4.78 is 0. The number of carbonyl (C=O) groups excluding carboxylic acids is 1. The lowest BCUT2D eigenvalue weighted by Crippen LogP contribution is -3.28. The van der Waals surface area contributed by atoms with E-state index >= 15 is 0 Å². The van der Waals surface area contributed by atoms with Crippen LogP contribution in [0.3, 0.4) is 0 Å². The van der Waals surface area contributed by atoms with E-state index in [2.05, 4.69) is 59.3 Å². The highest BCUT2D eigenvalue weighted by atomic mass is 32.1. The van der Waals surface area contributed by atoms with Crippen molar-refractivity contribution in [1.29, 1.82) is 0 Å². The maximum atomic E-state index is 12.6. The van der Waals surface area contributed by atoms with Crippen molar-refractivity contribution in [3.8, 4) is 0 Å². The van der Waals surface area contributed by atoms with Gasteiger partial charge in [0.2, 0.25) is 0 Å². The van der Waals surface area contributed by atoms with E-state index in [-0.39, 0.29) is 5.91 Å². The number of nitrogens with zero attached hydrogens (tertiary/aromatic N) is 1. The first-order valence-corrected chi connectivity index (χ1v) is 11.0. The zero-order chi connectivity index (χ0) is 19.3. The summed E-state index contributed by atoms with van der Waals surface area (Å²) in [6.07, 6.45) is 0. The summed E-state index contributed by atoms with van der Waals surface area (Å²) in [6, 6.07) is 17.4. The molecule has 146 valence electrons. The van der Waals surface area contributed by atoms with Crippen molar-refractivity contribution in [2.24, 2.45) is 0 Å². The molecule has 0 bridgehead atoms. The third kappa shape index (κ3) is 4.61. The summed E-state index contributed by atoms with van der Waals surface area (Å²) in [5.74, 6) is 0.249. The minimum absolute atomic E-state index is 0.249. The molecule has 1 aliphatic heterocycles. The van der Waals surface area contributed by atoms with Crippen LogP contribution in [-0.4, -0.2) is 50.6 Å². The molecule has 4 nitrogen and oxygen atoms in total. The monoisotopic (exact) mass is 395 g/mol. The highest BCUT2D eigenvalue weighted by Gasteiger charge is 2.26. The van der Waals surface area contributed by atoms with E-state index in [1.807, 2.05) is 11.9 Å². The summed E-state index contributed by atoms with van der Waals surface area (Å²) in [5, 5.41) is 6.88. The molecule has 0 atom stereocenters. The number of likely N-dealkylation sites (N-methyl/N-ethyl adjacent to an activating group) is 1. The zero-order valence-corrected chi connectivity index (χ0v) is 17.3. The van der Waals surface area contributed by atoms with E-state index < -0.39 is 0 Å². The van der Waals surface area contributed by atoms with Crippen LogP contribution in [0, 0.1) is 0 Å². The van der Waals surface area contributed by atoms with E-state index in [9.17, 15) is 4.79 Å². The number of amides is 1. The highest BCUT2D eigenvalue weighted by Crippen LogP contribution is 2.17. The maximum absolute atomic E-state index is 12.6. The molecule has 1 saturated heterocycles. The Morgan fingerprint density at radius 3 is 2.54 bits per heavy atom. The van der Waals surface area contributed by atoms with Crippen LogP contribution in [0.4, 0.5) is 0 Å². The molecule has 2 N–H and O–H groups in total. The van der Waals surface area contributed by atoms with Crippen LogP contribution < -0.4 is 9.80 Å². The fourth-order valence-corrected chi connectivity index (χ4v) is 4.78. The summed E-state index contributed by atoms with van der Waals surface area (Å²) in [7, 11) is 1.92. The Morgan fingerprint density at radius 1 is 1.00 bits per heavy atom. The largest absolute Gasteiger partial charge is 0.337 e. The normalized spacial score (nSPS) is 19.6. The SMILES string of the molecule is CN(Cc1ccsc1)C(=O)C[NH+]1CC[NH+](Cc2cccc3ccccc23)CC1. The molecule has 2 heterocycles. The Morgan fingerprint density at radius 2 is 1.75 bits per heavy atom. The van der Waals surface area contributed by atoms with Gasteiger partial charge in [-0.15, -0.1) is 0 Å². The van der Waals surface area contributed by atoms with Crippen LogP contribution >= 0.6 is 11.3 Å². The number of carbonyl (C=O) groups is 1. The number of thiophene rings is 1. The zero-order valence-electron chi connectivity index (χ0n) is 16.5. The summed E-state index contributed by atoms with van der Waals surface area (Å²) in [4.78, 5) is 17.5. The van der Waals surface area contributed by atoms with Gasteiger partial charge in [0.1, 0.15) is 32.7 Å². The van der Waals surface area contributed by atoms with Gasteiger partial charge in [0, 0.05) is 19.2 Å². The van der Waals surface area contributed by atoms with E-state index in [1.54, 1.807) is 16.2 Å². The number of nitrogens with one attached hydrogen (secondary N) is 2. The van der Waals surface area contributed by atoms with Crippen LogP contribution in [0.5, 0.6) is 0 Å². The Hall–Kier alpha value is -2.21. The molecule has 4 rings (SSSR count). The molecule has 5 heteroatoms. The number of fused-ring (bicyclic) bond motifs is 1. The van der Waals surface area contributed by atoms with Gasteiger partial charge in [0.15, 0.2) is 6.54 Å². The molecule has 0 spiro atoms. The van der Waals surface area contributed by atoms with Crippen molar-refractivity contribution < 1.29 is 14.6 Å². The minimum atomic E-state index is 0.249. The standard InChI is InChI=1S/C23H27N3OS/c1-24(15-19-9-14-28-18-19)23(27)17-26-12-10-25(11-13-26)16-21-7-4-6-20-5-2-3-8-22(20)21/h2-9,14,18H,10-13,15-17H2,1H3/p+2. The van der Waals surface area contributed by atoms with Crippen LogP contribution in [0.25, 0.3) is 10.8 Å². The van der Waals surface area contributed by atoms with E-state index in [4.69, 9.17) is 0 Å². The minimum Gasteiger partial charge on any atom is -0.337 e. The van der Waals surface area contributed by atoms with Gasteiger partial charge in [-0.05, 0) is 33.2 Å². The Bertz CT molecular complexity index is 911. The maximum Gasteiger partial charge on any atom is 0.277 e. The van der Waals surface area contributed by atoms with Gasteiger partial charge in [-0.2, -0.15) is 11.3 Å². The van der Waals surface area contributed by atoms with Crippen molar-refractivity contribution in [3.05, 3.63) is 70.4 Å². The lowest BCUT2D eigenvalue weighted by Gasteiger charge is -2.30. The quantitative estimate of drug-likeness (QED) is 0.637. The number of piperazine rings is 1. The summed E-state index contributed by atoms with van der Waals surface area (Å²) in [6.45, 7) is 6.79. The molecule has 0 aliphatic carbocycles. The molecular weight excluding hydrogens is 366 g/mol. The Kier molecular flexibility index (Phi) is 6.05. The van der Waals surface area contributed by atoms with E-state index in [1.165, 1.54) is 26.8 Å². The van der Waals surface area contributed by atoms with Crippen molar-refractivity contribution >= 4 is 28.0 Å². The lowest BCUT2D eigenvalue weighted by molar-refractivity contribution is -1.02. The van der Waals surface area contributed by atoms with Crippen LogP contribution in [0.2, 0.25) is 0 Å². The molecule has 0 radical (unpaired) electrons. The average Bonchev–Trinajstić information content (AvgIpc) is 3.23. The first-order chi connectivity index (χ1) is 13.7. The first kappa shape index (κ1) is 19.1. The third-order valence-corrected chi connectivity index (χ3v) is 6.54. The smallest absolute Gasteiger partial charge is 0.277 e. The molecule has 0 unspecified atom stereocenters. The average molecular weight is 396 g/mol. The van der Waals surface area contributed by atoms with Gasteiger partial charge >= 0.3 is 0 Å². The van der Waals surface area contributed by atoms with Gasteiger partial charge in [-0.3, -0.25) is 4.79 Å². The lowest BCUT2D eigenvalue weighted by atomic mass is 10.0. The van der Waals surface area contributed by atoms with Gasteiger partial charge in [-0.1, -0.05) is 42.5 Å². The van der Waals surface area contributed by atoms with Crippen LogP contribution in [0.15, 0.2) is 59.3 Å². The van der Waals surface area contributed by atoms with Crippen molar-refractivity contribution in [2.45, 2.75) is 13.1 Å². The fraction of sp³-hybridized carbons (Fsp3) is 0.348. The predicted molar refractivity (Wildman–Crippen MR) is 115 cm³/mol. The van der Waals surface area contributed by atoms with Crippen LogP contribution in [0.1, 0.15) is 11.1 Å². The fourth-order valence-electron chi connectivity index (χ4n) is 4.12. The first-order valence-electron chi connectivity index (χ1n) is 10.1. The molecule has 3 aromatic rings. The number of hydrogen-bond donors (Lipinski definition) is 2. The van der Waals surface area contributed by atoms with Crippen molar-refractivity contribution in [3.63, 3.8) is 0 Å². The molecule has 1 fully saturated rings.